The van der Waals surface area contributed by atoms with Crippen molar-refractivity contribution in [2.24, 2.45) is 0 Å². The number of benzene rings is 1. The van der Waals surface area contributed by atoms with Gasteiger partial charge in [0, 0.05) is 10.8 Å². The number of aromatic nitrogens is 2. The highest BCUT2D eigenvalue weighted by Gasteiger charge is 2.31. The van der Waals surface area contributed by atoms with Crippen LogP contribution in [0.5, 0.6) is 0 Å². The van der Waals surface area contributed by atoms with Crippen LogP contribution >= 0.6 is 11.8 Å². The molecule has 23 heavy (non-hydrogen) atoms. The minimum absolute atomic E-state index is 0.331. The van der Waals surface area contributed by atoms with E-state index >= 15 is 0 Å². The number of carboxylic acids is 1. The van der Waals surface area contributed by atoms with Gasteiger partial charge in [0.1, 0.15) is 6.04 Å². The maximum Gasteiger partial charge on any atom is 0.325 e. The average Bonchev–Trinajstić information content (AvgIpc) is 3.28. The van der Waals surface area contributed by atoms with Gasteiger partial charge in [-0.05, 0) is 43.8 Å². The number of nitrogens with zero attached hydrogens (tertiary/aromatic N) is 3. The van der Waals surface area contributed by atoms with Gasteiger partial charge >= 0.3 is 5.97 Å². The second kappa shape index (κ2) is 6.72. The van der Waals surface area contributed by atoms with Gasteiger partial charge < -0.3 is 9.63 Å². The average molecular weight is 333 g/mol. The lowest BCUT2D eigenvalue weighted by atomic mass is 10.1. The van der Waals surface area contributed by atoms with Crippen molar-refractivity contribution in [2.75, 3.05) is 13.3 Å². The number of thioether (sulfide) groups is 1. The van der Waals surface area contributed by atoms with Gasteiger partial charge in [0.2, 0.25) is 5.89 Å². The molecule has 7 heteroatoms. The first-order valence-corrected chi connectivity index (χ1v) is 8.70. The summed E-state index contributed by atoms with van der Waals surface area (Å²) in [4.78, 5) is 18.9. The van der Waals surface area contributed by atoms with Gasteiger partial charge in [0.15, 0.2) is 5.82 Å². The fourth-order valence-corrected chi connectivity index (χ4v) is 2.92. The molecule has 0 amide bonds. The van der Waals surface area contributed by atoms with Crippen molar-refractivity contribution in [3.05, 3.63) is 41.5 Å². The molecule has 3 rings (SSSR count). The molecule has 1 aromatic carbocycles. The van der Waals surface area contributed by atoms with Crippen molar-refractivity contribution >= 4 is 17.7 Å². The molecule has 0 unspecified atom stereocenters. The van der Waals surface area contributed by atoms with E-state index in [1.807, 2.05) is 30.5 Å². The monoisotopic (exact) mass is 333 g/mol. The summed E-state index contributed by atoms with van der Waals surface area (Å²) < 4.78 is 5.23. The third-order valence-electron chi connectivity index (χ3n) is 3.91. The Morgan fingerprint density at radius 3 is 2.70 bits per heavy atom. The molecule has 1 N–H and O–H groups in total. The predicted molar refractivity (Wildman–Crippen MR) is 86.3 cm³/mol. The Labute approximate surface area is 138 Å². The molecule has 1 aliphatic rings. The number of aliphatic carboxylic acids is 1. The van der Waals surface area contributed by atoms with Crippen LogP contribution in [-0.2, 0) is 11.3 Å². The predicted octanol–water partition coefficient (Wildman–Crippen LogP) is 2.93. The molecule has 1 saturated carbocycles. The molecule has 1 fully saturated rings. The van der Waals surface area contributed by atoms with Crippen molar-refractivity contribution in [1.29, 1.82) is 0 Å². The molecule has 1 aliphatic carbocycles. The van der Waals surface area contributed by atoms with Gasteiger partial charge in [-0.25, -0.2) is 0 Å². The number of hydrogen-bond acceptors (Lipinski definition) is 6. The molecular weight excluding hydrogens is 314 g/mol. The van der Waals surface area contributed by atoms with E-state index in [1.165, 1.54) is 0 Å². The molecule has 6 nitrogen and oxygen atoms in total. The van der Waals surface area contributed by atoms with Crippen LogP contribution in [0.4, 0.5) is 0 Å². The standard InChI is InChI=1S/C16H19N3O3S/c1-19(9-13-17-15(22-18-13)11-3-4-11)14(16(20)21)10-5-7-12(23-2)8-6-10/h5-8,11,14H,3-4,9H2,1-2H3,(H,20,21)/t14-/m0/s1. The van der Waals surface area contributed by atoms with Gasteiger partial charge in [-0.1, -0.05) is 17.3 Å². The number of likely N-dealkylation sites (N-methyl/N-ethyl adjacent to an activating group) is 1. The summed E-state index contributed by atoms with van der Waals surface area (Å²) in [6, 6.07) is 6.83. The number of carbonyl (C=O) groups is 1. The van der Waals surface area contributed by atoms with Crippen LogP contribution < -0.4 is 0 Å². The molecule has 0 radical (unpaired) electrons. The summed E-state index contributed by atoms with van der Waals surface area (Å²) in [7, 11) is 1.76. The quantitative estimate of drug-likeness (QED) is 0.780. The highest BCUT2D eigenvalue weighted by atomic mass is 32.2. The Kier molecular flexibility index (Phi) is 4.68. The molecule has 0 spiro atoms. The zero-order valence-electron chi connectivity index (χ0n) is 13.1. The van der Waals surface area contributed by atoms with E-state index in [4.69, 9.17) is 4.52 Å². The normalized spacial score (nSPS) is 15.8. The Morgan fingerprint density at radius 1 is 1.43 bits per heavy atom. The lowest BCUT2D eigenvalue weighted by Gasteiger charge is -2.23. The number of carboxylic acid groups (broad SMARTS) is 1. The van der Waals surface area contributed by atoms with Gasteiger partial charge in [0.25, 0.3) is 0 Å². The van der Waals surface area contributed by atoms with E-state index in [1.54, 1.807) is 23.7 Å². The van der Waals surface area contributed by atoms with E-state index in [-0.39, 0.29) is 0 Å². The summed E-state index contributed by atoms with van der Waals surface area (Å²) in [6.45, 7) is 0.331. The minimum atomic E-state index is -0.893. The lowest BCUT2D eigenvalue weighted by molar-refractivity contribution is -0.143. The van der Waals surface area contributed by atoms with E-state index < -0.39 is 12.0 Å². The summed E-state index contributed by atoms with van der Waals surface area (Å²) >= 11 is 1.63. The van der Waals surface area contributed by atoms with Gasteiger partial charge in [-0.15, -0.1) is 11.8 Å². The van der Waals surface area contributed by atoms with Crippen LogP contribution in [0.2, 0.25) is 0 Å². The lowest BCUT2D eigenvalue weighted by Crippen LogP contribution is -2.30. The van der Waals surface area contributed by atoms with Crippen LogP contribution in [-0.4, -0.2) is 39.4 Å². The van der Waals surface area contributed by atoms with Crippen LogP contribution in [0, 0.1) is 0 Å². The first-order chi connectivity index (χ1) is 11.1. The smallest absolute Gasteiger partial charge is 0.325 e. The molecule has 0 bridgehead atoms. The molecule has 0 saturated heterocycles. The fourth-order valence-electron chi connectivity index (χ4n) is 2.51. The van der Waals surface area contributed by atoms with E-state index in [9.17, 15) is 9.90 Å². The zero-order valence-corrected chi connectivity index (χ0v) is 13.9. The minimum Gasteiger partial charge on any atom is -0.480 e. The number of rotatable bonds is 7. The van der Waals surface area contributed by atoms with Crippen molar-refractivity contribution in [2.45, 2.75) is 36.2 Å². The van der Waals surface area contributed by atoms with Crippen molar-refractivity contribution in [3.8, 4) is 0 Å². The SMILES string of the molecule is CSc1ccc([C@@H](C(=O)O)N(C)Cc2noc(C3CC3)n2)cc1. The van der Waals surface area contributed by atoms with Crippen molar-refractivity contribution < 1.29 is 14.4 Å². The van der Waals surface area contributed by atoms with Gasteiger partial charge in [0.05, 0.1) is 6.54 Å². The maximum absolute atomic E-state index is 11.7. The molecule has 2 aromatic rings. The highest BCUT2D eigenvalue weighted by molar-refractivity contribution is 7.98. The molecule has 122 valence electrons. The third-order valence-corrected chi connectivity index (χ3v) is 4.65. The van der Waals surface area contributed by atoms with Crippen molar-refractivity contribution in [1.82, 2.24) is 15.0 Å². The third kappa shape index (κ3) is 3.73. The number of hydrogen-bond donors (Lipinski definition) is 1. The molecule has 0 aliphatic heterocycles. The summed E-state index contributed by atoms with van der Waals surface area (Å²) in [5.74, 6) is 0.706. The topological polar surface area (TPSA) is 79.5 Å². The van der Waals surface area contributed by atoms with Gasteiger partial charge in [-0.3, -0.25) is 9.69 Å². The van der Waals surface area contributed by atoms with E-state index in [2.05, 4.69) is 10.1 Å². The fraction of sp³-hybridized carbons (Fsp3) is 0.438. The Balaban J connectivity index is 1.74. The van der Waals surface area contributed by atoms with E-state index in [0.29, 0.717) is 24.2 Å². The summed E-state index contributed by atoms with van der Waals surface area (Å²) in [6.07, 6.45) is 4.18. The van der Waals surface area contributed by atoms with Gasteiger partial charge in [-0.2, -0.15) is 4.98 Å². The second-order valence-corrected chi connectivity index (χ2v) is 6.63. The summed E-state index contributed by atoms with van der Waals surface area (Å²) in [5.41, 5.74) is 0.740. The molecule has 1 heterocycles. The second-order valence-electron chi connectivity index (χ2n) is 5.75. The van der Waals surface area contributed by atoms with Crippen LogP contribution in [0.3, 0.4) is 0 Å². The first-order valence-electron chi connectivity index (χ1n) is 7.48. The Morgan fingerprint density at radius 2 is 2.13 bits per heavy atom. The van der Waals surface area contributed by atoms with Crippen molar-refractivity contribution in [3.63, 3.8) is 0 Å². The maximum atomic E-state index is 11.7. The first kappa shape index (κ1) is 16.0. The molecule has 1 aromatic heterocycles. The summed E-state index contributed by atoms with van der Waals surface area (Å²) in [5, 5.41) is 13.6. The highest BCUT2D eigenvalue weighted by Crippen LogP contribution is 2.39. The molecular formula is C16H19N3O3S. The Bertz CT molecular complexity index is 682. The Hall–Kier alpha value is -1.86. The van der Waals surface area contributed by atoms with Crippen LogP contribution in [0.25, 0.3) is 0 Å². The zero-order chi connectivity index (χ0) is 16.4. The van der Waals surface area contributed by atoms with E-state index in [0.717, 1.165) is 23.3 Å². The largest absolute Gasteiger partial charge is 0.480 e. The van der Waals surface area contributed by atoms with Crippen LogP contribution in [0.1, 0.15) is 42.1 Å². The molecule has 1 atom stereocenters. The van der Waals surface area contributed by atoms with Crippen LogP contribution in [0.15, 0.2) is 33.7 Å².